The van der Waals surface area contributed by atoms with Gasteiger partial charge in [0, 0.05) is 19.6 Å². The highest BCUT2D eigenvalue weighted by Gasteiger charge is 2.45. The molecule has 0 heterocycles. The van der Waals surface area contributed by atoms with Gasteiger partial charge in [-0.2, -0.15) is 0 Å². The lowest BCUT2D eigenvalue weighted by atomic mass is 10.1. The SMILES string of the molecule is C#CC[C@H](O[Si](C)(C)C(C)(C)C)[C@@H](OCCCO[Si](C)(C)C(C)(C)C)[C@@H](C=C)O[Si](C)(C)C(C)(C)C. The molecule has 212 valence electrons. The van der Waals surface area contributed by atoms with Gasteiger partial charge in [0.25, 0.3) is 0 Å². The van der Waals surface area contributed by atoms with Gasteiger partial charge in [-0.1, -0.05) is 68.4 Å². The van der Waals surface area contributed by atoms with E-state index in [0.29, 0.717) is 19.6 Å². The summed E-state index contributed by atoms with van der Waals surface area (Å²) in [5.41, 5.74) is 0. The minimum absolute atomic E-state index is 0.0609. The van der Waals surface area contributed by atoms with Crippen LogP contribution in [-0.4, -0.2) is 56.5 Å². The second-order valence-electron chi connectivity index (χ2n) is 14.7. The maximum atomic E-state index is 6.88. The summed E-state index contributed by atoms with van der Waals surface area (Å²) in [6, 6.07) is 0. The van der Waals surface area contributed by atoms with Crippen LogP contribution in [0.15, 0.2) is 12.7 Å². The van der Waals surface area contributed by atoms with Gasteiger partial charge in [-0.25, -0.2) is 0 Å². The van der Waals surface area contributed by atoms with E-state index < -0.39 is 25.0 Å². The zero-order valence-electron chi connectivity index (χ0n) is 26.6. The van der Waals surface area contributed by atoms with Gasteiger partial charge < -0.3 is 18.0 Å². The fourth-order valence-electron chi connectivity index (χ4n) is 2.90. The smallest absolute Gasteiger partial charge is 0.193 e. The summed E-state index contributed by atoms with van der Waals surface area (Å²) in [6.45, 7) is 39.3. The molecule has 0 rings (SSSR count). The first-order valence-electron chi connectivity index (χ1n) is 13.6. The van der Waals surface area contributed by atoms with E-state index in [0.717, 1.165) is 6.42 Å². The first-order valence-corrected chi connectivity index (χ1v) is 22.3. The van der Waals surface area contributed by atoms with E-state index in [1.165, 1.54) is 0 Å². The Hall–Kier alpha value is -0.209. The molecule has 0 unspecified atom stereocenters. The molecule has 0 bridgehead atoms. The fraction of sp³-hybridized carbons (Fsp3) is 0.862. The maximum absolute atomic E-state index is 6.88. The van der Waals surface area contributed by atoms with Gasteiger partial charge in [-0.15, -0.1) is 18.9 Å². The van der Waals surface area contributed by atoms with E-state index in [2.05, 4.69) is 114 Å². The average molecular weight is 557 g/mol. The number of hydrogen-bond donors (Lipinski definition) is 0. The van der Waals surface area contributed by atoms with Crippen LogP contribution in [0.1, 0.15) is 75.2 Å². The molecular formula is C29H60O4Si3. The summed E-state index contributed by atoms with van der Waals surface area (Å²) < 4.78 is 26.7. The van der Waals surface area contributed by atoms with Gasteiger partial charge in [0.2, 0.25) is 0 Å². The van der Waals surface area contributed by atoms with Crippen molar-refractivity contribution in [3.63, 3.8) is 0 Å². The molecule has 0 aromatic heterocycles. The Morgan fingerprint density at radius 2 is 1.19 bits per heavy atom. The lowest BCUT2D eigenvalue weighted by molar-refractivity contribution is -0.0769. The molecule has 0 N–H and O–H groups in total. The van der Waals surface area contributed by atoms with Gasteiger partial charge in [0.05, 0.1) is 12.2 Å². The van der Waals surface area contributed by atoms with Crippen LogP contribution in [0.5, 0.6) is 0 Å². The van der Waals surface area contributed by atoms with Gasteiger partial charge in [-0.05, 0) is 60.8 Å². The summed E-state index contributed by atoms with van der Waals surface area (Å²) in [7, 11) is -5.97. The second-order valence-corrected chi connectivity index (χ2v) is 29.0. The number of terminal acetylenes is 1. The maximum Gasteiger partial charge on any atom is 0.193 e. The number of rotatable bonds is 14. The molecule has 0 amide bonds. The fourth-order valence-corrected chi connectivity index (χ4v) is 6.58. The summed E-state index contributed by atoms with van der Waals surface area (Å²) in [6.07, 6.45) is 8.15. The van der Waals surface area contributed by atoms with Gasteiger partial charge in [0.1, 0.15) is 6.10 Å². The molecule has 7 heteroatoms. The molecule has 0 spiro atoms. The van der Waals surface area contributed by atoms with Crippen molar-refractivity contribution in [3.8, 4) is 12.3 Å². The molecule has 0 fully saturated rings. The molecule has 4 nitrogen and oxygen atoms in total. The predicted molar refractivity (Wildman–Crippen MR) is 165 cm³/mol. The minimum Gasteiger partial charge on any atom is -0.417 e. The molecule has 0 aliphatic carbocycles. The average Bonchev–Trinajstić information content (AvgIpc) is 2.66. The van der Waals surface area contributed by atoms with Crippen molar-refractivity contribution in [3.05, 3.63) is 12.7 Å². The predicted octanol–water partition coefficient (Wildman–Crippen LogP) is 8.77. The zero-order valence-corrected chi connectivity index (χ0v) is 29.6. The van der Waals surface area contributed by atoms with E-state index in [1.807, 2.05) is 6.08 Å². The Labute approximate surface area is 228 Å². The van der Waals surface area contributed by atoms with Gasteiger partial charge in [0.15, 0.2) is 25.0 Å². The van der Waals surface area contributed by atoms with Gasteiger partial charge in [-0.3, -0.25) is 0 Å². The van der Waals surface area contributed by atoms with E-state index >= 15 is 0 Å². The first-order chi connectivity index (χ1) is 15.9. The minimum atomic E-state index is -2.10. The summed E-state index contributed by atoms with van der Waals surface area (Å²) >= 11 is 0. The van der Waals surface area contributed by atoms with E-state index in [9.17, 15) is 0 Å². The van der Waals surface area contributed by atoms with Crippen LogP contribution in [0.2, 0.25) is 54.4 Å². The molecule has 3 atom stereocenters. The molecular weight excluding hydrogens is 497 g/mol. The number of hydrogen-bond acceptors (Lipinski definition) is 4. The Bertz CT molecular complexity index is 719. The molecule has 0 saturated carbocycles. The highest BCUT2D eigenvalue weighted by atomic mass is 28.4. The van der Waals surface area contributed by atoms with Crippen molar-refractivity contribution in [1.82, 2.24) is 0 Å². The molecule has 0 aliphatic heterocycles. The Morgan fingerprint density at radius 1 is 0.750 bits per heavy atom. The zero-order chi connectivity index (χ0) is 28.8. The van der Waals surface area contributed by atoms with Crippen LogP contribution in [-0.2, 0) is 18.0 Å². The third-order valence-corrected chi connectivity index (χ3v) is 22.1. The van der Waals surface area contributed by atoms with Crippen molar-refractivity contribution in [2.24, 2.45) is 0 Å². The van der Waals surface area contributed by atoms with Gasteiger partial charge >= 0.3 is 0 Å². The molecule has 0 aromatic carbocycles. The van der Waals surface area contributed by atoms with Crippen molar-refractivity contribution in [1.29, 1.82) is 0 Å². The van der Waals surface area contributed by atoms with E-state index in [-0.39, 0.29) is 33.4 Å². The molecule has 0 aliphatic rings. The third-order valence-electron chi connectivity index (χ3n) is 8.60. The normalized spacial score (nSPS) is 16.8. The van der Waals surface area contributed by atoms with Crippen LogP contribution >= 0.6 is 0 Å². The van der Waals surface area contributed by atoms with Crippen LogP contribution in [0.25, 0.3) is 0 Å². The molecule has 0 aromatic rings. The highest BCUT2D eigenvalue weighted by molar-refractivity contribution is 6.75. The Morgan fingerprint density at radius 3 is 1.58 bits per heavy atom. The lowest BCUT2D eigenvalue weighted by Crippen LogP contribution is -2.53. The molecule has 0 radical (unpaired) electrons. The highest BCUT2D eigenvalue weighted by Crippen LogP contribution is 2.41. The largest absolute Gasteiger partial charge is 0.417 e. The number of ether oxygens (including phenoxy) is 1. The van der Waals surface area contributed by atoms with Crippen molar-refractivity contribution < 1.29 is 18.0 Å². The van der Waals surface area contributed by atoms with Crippen LogP contribution in [0.4, 0.5) is 0 Å². The van der Waals surface area contributed by atoms with Crippen molar-refractivity contribution >= 4 is 25.0 Å². The van der Waals surface area contributed by atoms with Crippen LogP contribution in [0.3, 0.4) is 0 Å². The Balaban J connectivity index is 5.89. The van der Waals surface area contributed by atoms with E-state index in [1.54, 1.807) is 0 Å². The Kier molecular flexibility index (Phi) is 13.2. The monoisotopic (exact) mass is 556 g/mol. The van der Waals surface area contributed by atoms with Crippen molar-refractivity contribution in [2.45, 2.75) is 148 Å². The second kappa shape index (κ2) is 13.2. The first kappa shape index (κ1) is 35.8. The van der Waals surface area contributed by atoms with E-state index in [4.69, 9.17) is 24.4 Å². The summed E-state index contributed by atoms with van der Waals surface area (Å²) in [4.78, 5) is 0. The van der Waals surface area contributed by atoms with Crippen LogP contribution < -0.4 is 0 Å². The topological polar surface area (TPSA) is 36.9 Å². The quantitative estimate of drug-likeness (QED) is 0.0927. The lowest BCUT2D eigenvalue weighted by Gasteiger charge is -2.45. The summed E-state index contributed by atoms with van der Waals surface area (Å²) in [5, 5.41) is 0.319. The van der Waals surface area contributed by atoms with Crippen LogP contribution in [0, 0.1) is 12.3 Å². The summed E-state index contributed by atoms with van der Waals surface area (Å²) in [5.74, 6) is 2.85. The third kappa shape index (κ3) is 10.5. The molecule has 0 saturated heterocycles. The standard InChI is InChI=1S/C29H60O4Si3/c1-18-21-25(33-36(16,17)29(9,10)11)26(24(19-2)32-35(14,15)28(6,7)8)30-22-20-23-31-34(12,13)27(3,4)5/h1,19,24-26H,2,20-23H2,3-17H3/t24-,25+,26+/m1/s1. The van der Waals surface area contributed by atoms with Crippen molar-refractivity contribution in [2.75, 3.05) is 13.2 Å². The molecule has 36 heavy (non-hydrogen) atoms.